The van der Waals surface area contributed by atoms with Gasteiger partial charge in [0.1, 0.15) is 5.82 Å². The molecule has 0 bridgehead atoms. The highest BCUT2D eigenvalue weighted by atomic mass is 19.1. The van der Waals surface area contributed by atoms with Gasteiger partial charge in [0.05, 0.1) is 17.0 Å². The second-order valence-electron chi connectivity index (χ2n) is 5.16. The van der Waals surface area contributed by atoms with Crippen LogP contribution in [-0.2, 0) is 6.54 Å². The molecule has 0 saturated carbocycles. The lowest BCUT2D eigenvalue weighted by Crippen LogP contribution is -2.10. The number of hydrogen-bond acceptors (Lipinski definition) is 5. The van der Waals surface area contributed by atoms with Crippen LogP contribution in [0.5, 0.6) is 5.75 Å². The molecule has 1 heterocycles. The number of nitro benzene ring substituents is 1. The first-order chi connectivity index (χ1) is 12.0. The van der Waals surface area contributed by atoms with Crippen molar-refractivity contribution in [2.75, 3.05) is 0 Å². The fraction of sp³-hybridized carbons (Fsp3) is 0.0588. The molecule has 3 rings (SSSR count). The quantitative estimate of drug-likeness (QED) is 0.308. The van der Waals surface area contributed by atoms with Crippen LogP contribution in [0.2, 0.25) is 0 Å². The van der Waals surface area contributed by atoms with Crippen molar-refractivity contribution in [2.24, 2.45) is 0 Å². The van der Waals surface area contributed by atoms with E-state index in [-0.39, 0.29) is 5.56 Å². The highest BCUT2D eigenvalue weighted by molar-refractivity contribution is 5.91. The number of halogens is 1. The molecule has 0 aliphatic rings. The molecule has 0 aliphatic heterocycles. The summed E-state index contributed by atoms with van der Waals surface area (Å²) >= 11 is 0. The summed E-state index contributed by atoms with van der Waals surface area (Å²) < 4.78 is 20.0. The lowest BCUT2D eigenvalue weighted by Gasteiger charge is -2.06. The Labute approximate surface area is 141 Å². The van der Waals surface area contributed by atoms with Gasteiger partial charge < -0.3 is 4.74 Å². The summed E-state index contributed by atoms with van der Waals surface area (Å²) in [5.74, 6) is -1.97. The molecule has 126 valence electrons. The van der Waals surface area contributed by atoms with Gasteiger partial charge in [-0.05, 0) is 29.8 Å². The molecule has 0 spiro atoms. The van der Waals surface area contributed by atoms with Crippen molar-refractivity contribution in [2.45, 2.75) is 6.54 Å². The Hall–Kier alpha value is -3.55. The van der Waals surface area contributed by atoms with Crippen LogP contribution in [0.1, 0.15) is 15.9 Å². The van der Waals surface area contributed by atoms with E-state index in [1.54, 1.807) is 29.1 Å². The third-order valence-electron chi connectivity index (χ3n) is 3.41. The fourth-order valence-electron chi connectivity index (χ4n) is 2.21. The Balaban J connectivity index is 1.75. The molecule has 0 N–H and O–H groups in total. The monoisotopic (exact) mass is 341 g/mol. The van der Waals surface area contributed by atoms with Gasteiger partial charge in [0.25, 0.3) is 0 Å². The minimum Gasteiger partial charge on any atom is -0.415 e. The molecule has 0 aliphatic carbocycles. The van der Waals surface area contributed by atoms with Crippen LogP contribution < -0.4 is 4.74 Å². The van der Waals surface area contributed by atoms with E-state index in [4.69, 9.17) is 4.74 Å². The van der Waals surface area contributed by atoms with Crippen molar-refractivity contribution >= 4 is 11.7 Å². The number of aromatic nitrogens is 2. The lowest BCUT2D eigenvalue weighted by atomic mass is 10.1. The third kappa shape index (κ3) is 3.86. The molecule has 3 aromatic rings. The minimum atomic E-state index is -0.806. The van der Waals surface area contributed by atoms with E-state index in [9.17, 15) is 19.3 Å². The van der Waals surface area contributed by atoms with Crippen LogP contribution >= 0.6 is 0 Å². The molecule has 7 nitrogen and oxygen atoms in total. The average Bonchev–Trinajstić information content (AvgIpc) is 3.08. The van der Waals surface area contributed by atoms with Crippen molar-refractivity contribution in [3.63, 3.8) is 0 Å². The Kier molecular flexibility index (Phi) is 4.51. The van der Waals surface area contributed by atoms with Crippen LogP contribution in [0.3, 0.4) is 0 Å². The maximum absolute atomic E-state index is 13.3. The summed E-state index contributed by atoms with van der Waals surface area (Å²) in [7, 11) is 0. The van der Waals surface area contributed by atoms with E-state index in [1.807, 2.05) is 6.20 Å². The lowest BCUT2D eigenvalue weighted by molar-refractivity contribution is -0.385. The summed E-state index contributed by atoms with van der Waals surface area (Å²) in [6.07, 6.45) is 3.48. The molecule has 8 heteroatoms. The summed E-state index contributed by atoms with van der Waals surface area (Å²) in [4.78, 5) is 22.3. The molecule has 2 aromatic carbocycles. The normalized spacial score (nSPS) is 10.4. The van der Waals surface area contributed by atoms with Gasteiger partial charge in [0.2, 0.25) is 5.75 Å². The number of nitrogens with zero attached hydrogens (tertiary/aromatic N) is 3. The molecule has 0 atom stereocenters. The van der Waals surface area contributed by atoms with E-state index >= 15 is 0 Å². The largest absolute Gasteiger partial charge is 0.415 e. The number of rotatable bonds is 5. The zero-order valence-corrected chi connectivity index (χ0v) is 12.8. The predicted molar refractivity (Wildman–Crippen MR) is 85.8 cm³/mol. The van der Waals surface area contributed by atoms with Crippen molar-refractivity contribution in [1.82, 2.24) is 9.78 Å². The molecule has 0 unspecified atom stereocenters. The standard InChI is InChI=1S/C17H12FN3O4/c18-14-6-7-15(21(23)24)16(10-14)25-17(22)13-4-2-12(3-5-13)11-20-9-1-8-19-20/h1-10H,11H2. The number of carbonyl (C=O) groups is 1. The van der Waals surface area contributed by atoms with Gasteiger partial charge in [0.15, 0.2) is 0 Å². The summed E-state index contributed by atoms with van der Waals surface area (Å²) in [6, 6.07) is 11.0. The summed E-state index contributed by atoms with van der Waals surface area (Å²) in [5, 5.41) is 15.0. The van der Waals surface area contributed by atoms with Gasteiger partial charge in [0, 0.05) is 24.5 Å². The Bertz CT molecular complexity index is 908. The Morgan fingerprint density at radius 3 is 2.64 bits per heavy atom. The molecule has 0 radical (unpaired) electrons. The molecule has 1 aromatic heterocycles. The van der Waals surface area contributed by atoms with E-state index in [2.05, 4.69) is 5.10 Å². The number of nitro groups is 1. The van der Waals surface area contributed by atoms with Crippen LogP contribution in [-0.4, -0.2) is 20.7 Å². The van der Waals surface area contributed by atoms with Crippen molar-refractivity contribution in [3.05, 3.63) is 88.0 Å². The van der Waals surface area contributed by atoms with Crippen LogP contribution in [0.15, 0.2) is 60.9 Å². The predicted octanol–water partition coefficient (Wildman–Crippen LogP) is 3.20. The number of carbonyl (C=O) groups excluding carboxylic acids is 1. The van der Waals surface area contributed by atoms with Gasteiger partial charge in [-0.15, -0.1) is 0 Å². The van der Waals surface area contributed by atoms with E-state index in [0.717, 1.165) is 23.8 Å². The molecule has 0 fully saturated rings. The second-order valence-corrected chi connectivity index (χ2v) is 5.16. The highest BCUT2D eigenvalue weighted by Crippen LogP contribution is 2.28. The van der Waals surface area contributed by atoms with Gasteiger partial charge >= 0.3 is 11.7 Å². The Morgan fingerprint density at radius 1 is 1.24 bits per heavy atom. The van der Waals surface area contributed by atoms with Gasteiger partial charge in [-0.25, -0.2) is 9.18 Å². The van der Waals surface area contributed by atoms with Crippen molar-refractivity contribution in [3.8, 4) is 5.75 Å². The van der Waals surface area contributed by atoms with Crippen LogP contribution in [0, 0.1) is 15.9 Å². The smallest absolute Gasteiger partial charge is 0.343 e. The molecule has 0 amide bonds. The van der Waals surface area contributed by atoms with E-state index < -0.39 is 28.1 Å². The number of hydrogen-bond donors (Lipinski definition) is 0. The first-order valence-electron chi connectivity index (χ1n) is 7.25. The Morgan fingerprint density at radius 2 is 2.00 bits per heavy atom. The second kappa shape index (κ2) is 6.91. The van der Waals surface area contributed by atoms with Gasteiger partial charge in [-0.2, -0.15) is 5.10 Å². The minimum absolute atomic E-state index is 0.197. The van der Waals surface area contributed by atoms with Crippen LogP contribution in [0.4, 0.5) is 10.1 Å². The van der Waals surface area contributed by atoms with Crippen LogP contribution in [0.25, 0.3) is 0 Å². The molecule has 25 heavy (non-hydrogen) atoms. The number of benzene rings is 2. The molecule has 0 saturated heterocycles. The first-order valence-corrected chi connectivity index (χ1v) is 7.25. The fourth-order valence-corrected chi connectivity index (χ4v) is 2.21. The number of ether oxygens (including phenoxy) is 1. The molecular weight excluding hydrogens is 329 g/mol. The zero-order chi connectivity index (χ0) is 17.8. The van der Waals surface area contributed by atoms with Gasteiger partial charge in [-0.1, -0.05) is 12.1 Å². The van der Waals surface area contributed by atoms with Gasteiger partial charge in [-0.3, -0.25) is 14.8 Å². The zero-order valence-electron chi connectivity index (χ0n) is 12.8. The molecular formula is C17H12FN3O4. The average molecular weight is 341 g/mol. The summed E-state index contributed by atoms with van der Waals surface area (Å²) in [5.41, 5.74) is 0.629. The van der Waals surface area contributed by atoms with E-state index in [1.165, 1.54) is 12.1 Å². The van der Waals surface area contributed by atoms with E-state index in [0.29, 0.717) is 6.54 Å². The van der Waals surface area contributed by atoms with Crippen molar-refractivity contribution < 1.29 is 18.8 Å². The maximum Gasteiger partial charge on any atom is 0.343 e. The topological polar surface area (TPSA) is 87.3 Å². The SMILES string of the molecule is O=C(Oc1cc(F)ccc1[N+](=O)[O-])c1ccc(Cn2cccn2)cc1. The summed E-state index contributed by atoms with van der Waals surface area (Å²) in [6.45, 7) is 0.539. The third-order valence-corrected chi connectivity index (χ3v) is 3.41. The maximum atomic E-state index is 13.3. The first kappa shape index (κ1) is 16.3. The number of esters is 1. The van der Waals surface area contributed by atoms with Crippen molar-refractivity contribution in [1.29, 1.82) is 0 Å². The highest BCUT2D eigenvalue weighted by Gasteiger charge is 2.19.